The van der Waals surface area contributed by atoms with Crippen molar-refractivity contribution in [2.75, 3.05) is 12.3 Å². The third-order valence-electron chi connectivity index (χ3n) is 2.81. The molecule has 0 aliphatic carbocycles. The molecule has 1 atom stereocenters. The molecule has 17 heavy (non-hydrogen) atoms. The molecule has 1 rings (SSSR count). The molecule has 96 valence electrons. The molecular weight excluding hydrogens is 218 g/mol. The van der Waals surface area contributed by atoms with E-state index in [1.807, 2.05) is 0 Å². The maximum absolute atomic E-state index is 11.7. The van der Waals surface area contributed by atoms with E-state index in [1.165, 1.54) is 12.8 Å². The van der Waals surface area contributed by atoms with Gasteiger partial charge in [-0.15, -0.1) is 5.10 Å². The van der Waals surface area contributed by atoms with Crippen molar-refractivity contribution in [2.45, 2.75) is 39.5 Å². The van der Waals surface area contributed by atoms with E-state index in [0.29, 0.717) is 12.5 Å². The second kappa shape index (κ2) is 6.88. The molecule has 1 amide bonds. The van der Waals surface area contributed by atoms with Gasteiger partial charge in [-0.25, -0.2) is 0 Å². The van der Waals surface area contributed by atoms with Crippen LogP contribution in [0.2, 0.25) is 0 Å². The van der Waals surface area contributed by atoms with Gasteiger partial charge < -0.3 is 11.1 Å². The highest BCUT2D eigenvalue weighted by Gasteiger charge is 2.12. The molecule has 0 spiro atoms. The van der Waals surface area contributed by atoms with E-state index >= 15 is 0 Å². The summed E-state index contributed by atoms with van der Waals surface area (Å²) in [6.45, 7) is 4.98. The van der Waals surface area contributed by atoms with Gasteiger partial charge in [0.25, 0.3) is 5.91 Å². The first-order chi connectivity index (χ1) is 8.17. The zero-order valence-corrected chi connectivity index (χ0v) is 10.5. The van der Waals surface area contributed by atoms with Crippen LogP contribution >= 0.6 is 0 Å². The van der Waals surface area contributed by atoms with Crippen LogP contribution in [0.25, 0.3) is 0 Å². The van der Waals surface area contributed by atoms with Crippen LogP contribution in [0, 0.1) is 5.92 Å². The first-order valence-corrected chi connectivity index (χ1v) is 6.13. The normalized spacial score (nSPS) is 12.4. The van der Waals surface area contributed by atoms with Crippen LogP contribution in [-0.4, -0.2) is 27.6 Å². The number of nitrogen functional groups attached to an aromatic ring is 1. The average molecular weight is 239 g/mol. The number of hydrogen-bond donors (Lipinski definition) is 3. The summed E-state index contributed by atoms with van der Waals surface area (Å²) >= 11 is 0. The largest absolute Gasteiger partial charge is 0.366 e. The summed E-state index contributed by atoms with van der Waals surface area (Å²) in [4.78, 5) is 15.4. The number of nitrogens with two attached hydrogens (primary N) is 1. The van der Waals surface area contributed by atoms with Crippen LogP contribution in [-0.2, 0) is 0 Å². The van der Waals surface area contributed by atoms with Crippen molar-refractivity contribution >= 4 is 11.9 Å². The number of aromatic amines is 1. The average Bonchev–Trinajstić information content (AvgIpc) is 2.76. The highest BCUT2D eigenvalue weighted by Crippen LogP contribution is 2.11. The lowest BCUT2D eigenvalue weighted by Gasteiger charge is -2.14. The smallest absolute Gasteiger partial charge is 0.288 e. The molecule has 0 aliphatic heterocycles. The van der Waals surface area contributed by atoms with Crippen LogP contribution in [0.1, 0.15) is 50.1 Å². The van der Waals surface area contributed by atoms with Crippen molar-refractivity contribution in [3.05, 3.63) is 5.82 Å². The first-order valence-electron chi connectivity index (χ1n) is 6.13. The monoisotopic (exact) mass is 239 g/mol. The van der Waals surface area contributed by atoms with Crippen molar-refractivity contribution in [2.24, 2.45) is 5.92 Å². The fourth-order valence-corrected chi connectivity index (χ4v) is 1.64. The molecule has 0 saturated heterocycles. The Morgan fingerprint density at radius 3 is 2.82 bits per heavy atom. The Labute approximate surface area is 101 Å². The van der Waals surface area contributed by atoms with E-state index in [1.54, 1.807) is 0 Å². The van der Waals surface area contributed by atoms with Crippen molar-refractivity contribution < 1.29 is 4.79 Å². The highest BCUT2D eigenvalue weighted by molar-refractivity contribution is 5.90. The maximum Gasteiger partial charge on any atom is 0.288 e. The van der Waals surface area contributed by atoms with Gasteiger partial charge in [-0.2, -0.15) is 4.98 Å². The number of nitrogens with zero attached hydrogens (tertiary/aromatic N) is 2. The number of H-pyrrole nitrogens is 1. The van der Waals surface area contributed by atoms with Crippen molar-refractivity contribution in [3.8, 4) is 0 Å². The standard InChI is InChI=1S/C11H21N5O/c1-3-5-6-8(4-2)7-13-10(17)9-14-11(12)16-15-9/h8H,3-7H2,1-2H3,(H,13,17)(H3,12,14,15,16). The van der Waals surface area contributed by atoms with Gasteiger partial charge in [0.05, 0.1) is 0 Å². The van der Waals surface area contributed by atoms with Gasteiger partial charge in [0.15, 0.2) is 0 Å². The van der Waals surface area contributed by atoms with Crippen molar-refractivity contribution in [1.29, 1.82) is 0 Å². The van der Waals surface area contributed by atoms with Gasteiger partial charge in [0.2, 0.25) is 11.8 Å². The topological polar surface area (TPSA) is 96.7 Å². The summed E-state index contributed by atoms with van der Waals surface area (Å²) in [6.07, 6.45) is 4.59. The van der Waals surface area contributed by atoms with E-state index in [4.69, 9.17) is 5.73 Å². The molecule has 0 saturated carbocycles. The second-order valence-corrected chi connectivity index (χ2v) is 4.17. The minimum atomic E-state index is -0.246. The van der Waals surface area contributed by atoms with E-state index < -0.39 is 0 Å². The molecule has 1 aromatic heterocycles. The summed E-state index contributed by atoms with van der Waals surface area (Å²) in [5.74, 6) is 0.546. The van der Waals surface area contributed by atoms with E-state index in [0.717, 1.165) is 12.8 Å². The third-order valence-corrected chi connectivity index (χ3v) is 2.81. The Morgan fingerprint density at radius 2 is 2.29 bits per heavy atom. The van der Waals surface area contributed by atoms with Gasteiger partial charge in [0.1, 0.15) is 0 Å². The number of nitrogens with one attached hydrogen (secondary N) is 2. The number of carbonyl (C=O) groups is 1. The van der Waals surface area contributed by atoms with Gasteiger partial charge in [-0.1, -0.05) is 33.1 Å². The highest BCUT2D eigenvalue weighted by atomic mass is 16.2. The van der Waals surface area contributed by atoms with Crippen molar-refractivity contribution in [1.82, 2.24) is 20.5 Å². The van der Waals surface area contributed by atoms with Gasteiger partial charge in [-0.3, -0.25) is 9.89 Å². The number of hydrogen-bond acceptors (Lipinski definition) is 4. The summed E-state index contributed by atoms with van der Waals surface area (Å²) in [7, 11) is 0. The lowest BCUT2D eigenvalue weighted by Crippen LogP contribution is -2.30. The molecular formula is C11H21N5O. The molecule has 0 aromatic carbocycles. The minimum absolute atomic E-state index is 0.0909. The lowest BCUT2D eigenvalue weighted by molar-refractivity contribution is 0.0936. The number of anilines is 1. The number of amides is 1. The minimum Gasteiger partial charge on any atom is -0.366 e. The molecule has 0 radical (unpaired) electrons. The Hall–Kier alpha value is -1.59. The molecule has 6 nitrogen and oxygen atoms in total. The summed E-state index contributed by atoms with van der Waals surface area (Å²) in [5.41, 5.74) is 5.33. The Balaban J connectivity index is 2.36. The third kappa shape index (κ3) is 4.42. The molecule has 1 aromatic rings. The number of unbranched alkanes of at least 4 members (excludes halogenated alkanes) is 1. The summed E-state index contributed by atoms with van der Waals surface area (Å²) < 4.78 is 0. The molecule has 1 heterocycles. The first kappa shape index (κ1) is 13.5. The SMILES string of the molecule is CCCCC(CC)CNC(=O)c1nc(N)n[nH]1. The predicted octanol–water partition coefficient (Wildman–Crippen LogP) is 1.33. The van der Waals surface area contributed by atoms with E-state index in [9.17, 15) is 4.79 Å². The molecule has 4 N–H and O–H groups in total. The number of aromatic nitrogens is 3. The van der Waals surface area contributed by atoms with Gasteiger partial charge >= 0.3 is 0 Å². The van der Waals surface area contributed by atoms with Gasteiger partial charge in [0, 0.05) is 6.54 Å². The summed E-state index contributed by atoms with van der Waals surface area (Å²) in [5, 5.41) is 8.95. The Morgan fingerprint density at radius 1 is 1.53 bits per heavy atom. The molecule has 0 bridgehead atoms. The van der Waals surface area contributed by atoms with E-state index in [-0.39, 0.29) is 17.7 Å². The molecule has 1 unspecified atom stereocenters. The van der Waals surface area contributed by atoms with Crippen molar-refractivity contribution in [3.63, 3.8) is 0 Å². The fourth-order valence-electron chi connectivity index (χ4n) is 1.64. The number of carbonyl (C=O) groups excluding carboxylic acids is 1. The Bertz CT molecular complexity index is 349. The molecule has 0 fully saturated rings. The quantitative estimate of drug-likeness (QED) is 0.668. The number of rotatable bonds is 7. The lowest BCUT2D eigenvalue weighted by atomic mass is 9.99. The molecule has 0 aliphatic rings. The van der Waals surface area contributed by atoms with Crippen LogP contribution in [0.15, 0.2) is 0 Å². The zero-order chi connectivity index (χ0) is 12.7. The summed E-state index contributed by atoms with van der Waals surface area (Å²) in [6, 6.07) is 0. The Kier molecular flexibility index (Phi) is 5.45. The van der Waals surface area contributed by atoms with Crippen LogP contribution in [0.3, 0.4) is 0 Å². The van der Waals surface area contributed by atoms with Gasteiger partial charge in [-0.05, 0) is 12.3 Å². The van der Waals surface area contributed by atoms with Crippen LogP contribution in [0.5, 0.6) is 0 Å². The zero-order valence-electron chi connectivity index (χ0n) is 10.5. The molecule has 6 heteroatoms. The van der Waals surface area contributed by atoms with Crippen LogP contribution < -0.4 is 11.1 Å². The fraction of sp³-hybridized carbons (Fsp3) is 0.727. The van der Waals surface area contributed by atoms with Crippen LogP contribution in [0.4, 0.5) is 5.95 Å². The predicted molar refractivity (Wildman–Crippen MR) is 66.4 cm³/mol. The maximum atomic E-state index is 11.7. The second-order valence-electron chi connectivity index (χ2n) is 4.17. The van der Waals surface area contributed by atoms with E-state index in [2.05, 4.69) is 34.3 Å².